The first-order chi connectivity index (χ1) is 9.60. The minimum Gasteiger partial charge on any atom is -0.340 e. The van der Waals surface area contributed by atoms with Gasteiger partial charge in [0.05, 0.1) is 0 Å². The molecule has 1 saturated heterocycles. The molecule has 1 heterocycles. The van der Waals surface area contributed by atoms with E-state index in [0.29, 0.717) is 6.42 Å². The van der Waals surface area contributed by atoms with Crippen LogP contribution in [0.15, 0.2) is 24.3 Å². The number of carbonyl (C=O) groups excluding carboxylic acids is 1. The van der Waals surface area contributed by atoms with Crippen LogP contribution in [-0.2, 0) is 11.2 Å². The van der Waals surface area contributed by atoms with Gasteiger partial charge in [-0.05, 0) is 30.7 Å². The molecule has 110 valence electrons. The summed E-state index contributed by atoms with van der Waals surface area (Å²) < 4.78 is 13.2. The third-order valence-electron chi connectivity index (χ3n) is 3.98. The molecule has 0 bridgehead atoms. The molecular weight excluding hydrogens is 255 g/mol. The van der Waals surface area contributed by atoms with Crippen LogP contribution in [0.25, 0.3) is 0 Å². The summed E-state index contributed by atoms with van der Waals surface area (Å²) in [5.41, 5.74) is 0.887. The van der Waals surface area contributed by atoms with Gasteiger partial charge < -0.3 is 9.80 Å². The lowest BCUT2D eigenvalue weighted by molar-refractivity contribution is -0.136. The lowest BCUT2D eigenvalue weighted by Crippen LogP contribution is -2.50. The second-order valence-electron chi connectivity index (χ2n) is 5.49. The largest absolute Gasteiger partial charge is 0.340 e. The number of rotatable bonds is 4. The summed E-state index contributed by atoms with van der Waals surface area (Å²) >= 11 is 0. The Kier molecular flexibility index (Phi) is 5.12. The number of nitrogens with zero attached hydrogens (tertiary/aromatic N) is 2. The first-order valence-electron chi connectivity index (χ1n) is 7.35. The first kappa shape index (κ1) is 15.0. The van der Waals surface area contributed by atoms with Crippen molar-refractivity contribution in [3.63, 3.8) is 0 Å². The van der Waals surface area contributed by atoms with Crippen molar-refractivity contribution in [1.82, 2.24) is 9.80 Å². The number of carbonyl (C=O) groups is 1. The molecule has 0 N–H and O–H groups in total. The predicted octanol–water partition coefficient (Wildman–Crippen LogP) is 2.17. The molecule has 0 aliphatic carbocycles. The van der Waals surface area contributed by atoms with Crippen LogP contribution in [0.3, 0.4) is 0 Å². The van der Waals surface area contributed by atoms with E-state index < -0.39 is 0 Å². The van der Waals surface area contributed by atoms with Crippen LogP contribution in [-0.4, -0.2) is 48.4 Å². The zero-order chi connectivity index (χ0) is 14.5. The Morgan fingerprint density at radius 3 is 2.60 bits per heavy atom. The van der Waals surface area contributed by atoms with E-state index in [1.54, 1.807) is 6.07 Å². The van der Waals surface area contributed by atoms with Crippen LogP contribution >= 0.6 is 0 Å². The second-order valence-corrected chi connectivity index (χ2v) is 5.49. The van der Waals surface area contributed by atoms with Gasteiger partial charge in [0, 0.05) is 32.1 Å². The summed E-state index contributed by atoms with van der Waals surface area (Å²) in [6, 6.07) is 6.52. The minimum absolute atomic E-state index is 0.0926. The van der Waals surface area contributed by atoms with Gasteiger partial charge >= 0.3 is 0 Å². The highest BCUT2D eigenvalue weighted by Crippen LogP contribution is 2.14. The highest BCUT2D eigenvalue weighted by Gasteiger charge is 2.24. The average molecular weight is 278 g/mol. The molecule has 0 spiro atoms. The minimum atomic E-state index is -0.237. The molecule has 4 heteroatoms. The predicted molar refractivity (Wildman–Crippen MR) is 78.0 cm³/mol. The molecule has 3 nitrogen and oxygen atoms in total. The average Bonchev–Trinajstić information content (AvgIpc) is 2.46. The summed E-state index contributed by atoms with van der Waals surface area (Å²) in [4.78, 5) is 16.7. The van der Waals surface area contributed by atoms with Gasteiger partial charge in [0.15, 0.2) is 0 Å². The Morgan fingerprint density at radius 2 is 2.00 bits per heavy atom. The molecule has 0 radical (unpaired) electrons. The zero-order valence-corrected chi connectivity index (χ0v) is 12.3. The summed E-state index contributed by atoms with van der Waals surface area (Å²) in [6.45, 7) is 8.63. The first-order valence-corrected chi connectivity index (χ1v) is 7.35. The molecule has 20 heavy (non-hydrogen) atoms. The smallest absolute Gasteiger partial charge is 0.225 e. The Morgan fingerprint density at radius 1 is 1.30 bits per heavy atom. The Balaban J connectivity index is 1.89. The van der Waals surface area contributed by atoms with Crippen molar-refractivity contribution in [3.8, 4) is 0 Å². The topological polar surface area (TPSA) is 23.6 Å². The second kappa shape index (κ2) is 6.84. The third-order valence-corrected chi connectivity index (χ3v) is 3.98. The van der Waals surface area contributed by atoms with Gasteiger partial charge in [0.2, 0.25) is 5.91 Å². The van der Waals surface area contributed by atoms with E-state index in [4.69, 9.17) is 0 Å². The maximum Gasteiger partial charge on any atom is 0.225 e. The van der Waals surface area contributed by atoms with Crippen LogP contribution in [0.5, 0.6) is 0 Å². The van der Waals surface area contributed by atoms with E-state index in [-0.39, 0.29) is 17.6 Å². The molecular formula is C16H23FN2O. The lowest BCUT2D eigenvalue weighted by Gasteiger charge is -2.35. The van der Waals surface area contributed by atoms with Crippen LogP contribution < -0.4 is 0 Å². The fraction of sp³-hybridized carbons (Fsp3) is 0.562. The summed E-state index contributed by atoms with van der Waals surface area (Å²) in [6.07, 6.45) is 0.602. The molecule has 2 rings (SSSR count). The van der Waals surface area contributed by atoms with Crippen molar-refractivity contribution < 1.29 is 9.18 Å². The summed E-state index contributed by atoms with van der Waals surface area (Å²) in [5.74, 6) is -0.145. The van der Waals surface area contributed by atoms with E-state index in [0.717, 1.165) is 38.3 Å². The highest BCUT2D eigenvalue weighted by atomic mass is 19.1. The van der Waals surface area contributed by atoms with Crippen molar-refractivity contribution >= 4 is 5.91 Å². The van der Waals surface area contributed by atoms with E-state index in [2.05, 4.69) is 11.8 Å². The van der Waals surface area contributed by atoms with E-state index >= 15 is 0 Å². The van der Waals surface area contributed by atoms with Crippen LogP contribution in [0.4, 0.5) is 4.39 Å². The van der Waals surface area contributed by atoms with Gasteiger partial charge in [-0.25, -0.2) is 4.39 Å². The number of hydrogen-bond donors (Lipinski definition) is 0. The van der Waals surface area contributed by atoms with Gasteiger partial charge in [-0.3, -0.25) is 4.79 Å². The molecule has 1 fully saturated rings. The van der Waals surface area contributed by atoms with Gasteiger partial charge in [-0.1, -0.05) is 26.0 Å². The quantitative estimate of drug-likeness (QED) is 0.842. The number of likely N-dealkylation sites (N-methyl/N-ethyl adjacent to an activating group) is 1. The fourth-order valence-electron chi connectivity index (χ4n) is 2.70. The van der Waals surface area contributed by atoms with Crippen molar-refractivity contribution in [3.05, 3.63) is 35.6 Å². The van der Waals surface area contributed by atoms with Crippen molar-refractivity contribution in [2.24, 2.45) is 5.92 Å². The maximum absolute atomic E-state index is 13.2. The Hall–Kier alpha value is -1.42. The van der Waals surface area contributed by atoms with Gasteiger partial charge in [0.1, 0.15) is 5.82 Å². The molecule has 1 aliphatic rings. The SMILES string of the molecule is CCN1CCN(C(=O)C(C)Cc2cccc(F)c2)CC1. The number of piperazine rings is 1. The Bertz CT molecular complexity index is 456. The molecule has 1 aliphatic heterocycles. The highest BCUT2D eigenvalue weighted by molar-refractivity contribution is 5.78. The summed E-state index contributed by atoms with van der Waals surface area (Å²) in [7, 11) is 0. The molecule has 1 atom stereocenters. The molecule has 0 saturated carbocycles. The van der Waals surface area contributed by atoms with Crippen LogP contribution in [0, 0.1) is 11.7 Å². The van der Waals surface area contributed by atoms with Gasteiger partial charge in [0.25, 0.3) is 0 Å². The van der Waals surface area contributed by atoms with Gasteiger partial charge in [-0.2, -0.15) is 0 Å². The zero-order valence-electron chi connectivity index (χ0n) is 12.3. The normalized spacial score (nSPS) is 18.1. The van der Waals surface area contributed by atoms with Crippen molar-refractivity contribution in [2.75, 3.05) is 32.7 Å². The molecule has 1 amide bonds. The van der Waals surface area contributed by atoms with E-state index in [9.17, 15) is 9.18 Å². The fourth-order valence-corrected chi connectivity index (χ4v) is 2.70. The van der Waals surface area contributed by atoms with Crippen molar-refractivity contribution in [2.45, 2.75) is 20.3 Å². The van der Waals surface area contributed by atoms with Crippen LogP contribution in [0.1, 0.15) is 19.4 Å². The lowest BCUT2D eigenvalue weighted by atomic mass is 9.99. The number of amides is 1. The number of hydrogen-bond acceptors (Lipinski definition) is 2. The van der Waals surface area contributed by atoms with Crippen LogP contribution in [0.2, 0.25) is 0 Å². The monoisotopic (exact) mass is 278 g/mol. The van der Waals surface area contributed by atoms with Crippen molar-refractivity contribution in [1.29, 1.82) is 0 Å². The van der Waals surface area contributed by atoms with E-state index in [1.807, 2.05) is 17.9 Å². The van der Waals surface area contributed by atoms with E-state index in [1.165, 1.54) is 12.1 Å². The molecule has 1 unspecified atom stereocenters. The van der Waals surface area contributed by atoms with Gasteiger partial charge in [-0.15, -0.1) is 0 Å². The molecule has 0 aromatic heterocycles. The Labute approximate surface area is 120 Å². The standard InChI is InChI=1S/C16H23FN2O/c1-3-18-7-9-19(10-8-18)16(20)13(2)11-14-5-4-6-15(17)12-14/h4-6,12-13H,3,7-11H2,1-2H3. The molecule has 1 aromatic carbocycles. The third kappa shape index (κ3) is 3.79. The summed E-state index contributed by atoms with van der Waals surface area (Å²) in [5, 5.41) is 0. The number of benzene rings is 1. The number of halogens is 1. The molecule has 1 aromatic rings. The maximum atomic E-state index is 13.2.